The number of benzene rings is 4. The third kappa shape index (κ3) is 4.52. The van der Waals surface area contributed by atoms with Crippen molar-refractivity contribution in [2.24, 2.45) is 4.99 Å². The fourth-order valence-electron chi connectivity index (χ4n) is 5.89. The fourth-order valence-corrected chi connectivity index (χ4v) is 8.14. The number of fused-ring (bicyclic) bond motifs is 2. The zero-order valence-corrected chi connectivity index (χ0v) is 28.0. The minimum Gasteiger partial charge on any atom is -0.497 e. The van der Waals surface area contributed by atoms with Crippen LogP contribution >= 0.6 is 45.2 Å². The molecule has 0 aliphatic carbocycles. The first-order valence-electron chi connectivity index (χ1n) is 13.9. The highest BCUT2D eigenvalue weighted by Crippen LogP contribution is 2.50. The molecule has 10 heteroatoms. The van der Waals surface area contributed by atoms with Crippen LogP contribution < -0.4 is 9.47 Å². The maximum Gasteiger partial charge on any atom is 0.642 e. The molecule has 0 unspecified atom stereocenters. The van der Waals surface area contributed by atoms with Crippen LogP contribution in [0.5, 0.6) is 11.5 Å². The number of methoxy groups -OCH3 is 2. The fraction of sp³-hybridized carbons (Fsp3) is 0.0588. The number of allylic oxidation sites excluding steroid dienone is 1. The maximum absolute atomic E-state index is 17.7. The number of aromatic nitrogens is 1. The summed E-state index contributed by atoms with van der Waals surface area (Å²) in [5, 5.41) is 0. The molecule has 44 heavy (non-hydrogen) atoms. The van der Waals surface area contributed by atoms with Gasteiger partial charge in [0.1, 0.15) is 17.2 Å². The highest BCUT2D eigenvalue weighted by molar-refractivity contribution is 14.1. The van der Waals surface area contributed by atoms with E-state index in [0.29, 0.717) is 52.3 Å². The highest BCUT2D eigenvalue weighted by Gasteiger charge is 2.55. The number of halogens is 4. The van der Waals surface area contributed by atoms with Crippen LogP contribution in [0.2, 0.25) is 0 Å². The lowest BCUT2D eigenvalue weighted by Gasteiger charge is -2.32. The normalized spacial score (nSPS) is 15.2. The maximum atomic E-state index is 17.7. The van der Waals surface area contributed by atoms with Gasteiger partial charge in [-0.1, -0.05) is 60.7 Å². The van der Waals surface area contributed by atoms with E-state index in [-0.39, 0.29) is 11.7 Å². The molecule has 0 spiro atoms. The summed E-state index contributed by atoms with van der Waals surface area (Å²) in [6, 6.07) is 33.7. The molecule has 7 rings (SSSR count). The lowest BCUT2D eigenvalue weighted by Crippen LogP contribution is -2.53. The number of aliphatic imine (C=N–C) groups is 1. The molecule has 0 N–H and O–H groups in total. The van der Waals surface area contributed by atoms with Crippen molar-refractivity contribution >= 4 is 75.1 Å². The molecule has 2 aliphatic rings. The molecule has 4 aromatic carbocycles. The van der Waals surface area contributed by atoms with Gasteiger partial charge in [-0.2, -0.15) is 0 Å². The van der Waals surface area contributed by atoms with E-state index in [2.05, 4.69) is 45.2 Å². The van der Waals surface area contributed by atoms with Gasteiger partial charge < -0.3 is 27.1 Å². The Kier molecular flexibility index (Phi) is 7.44. The van der Waals surface area contributed by atoms with Gasteiger partial charge in [0.2, 0.25) is 5.82 Å². The van der Waals surface area contributed by atoms with Crippen LogP contribution in [-0.2, 0) is 0 Å². The zero-order valence-electron chi connectivity index (χ0n) is 23.6. The lowest BCUT2D eigenvalue weighted by molar-refractivity contribution is -0.291. The van der Waals surface area contributed by atoms with Gasteiger partial charge in [0.05, 0.1) is 28.9 Å². The van der Waals surface area contributed by atoms with E-state index in [9.17, 15) is 0 Å². The van der Waals surface area contributed by atoms with Crippen LogP contribution in [0.4, 0.5) is 14.4 Å². The Morgan fingerprint density at radius 1 is 0.682 bits per heavy atom. The molecule has 218 valence electrons. The van der Waals surface area contributed by atoms with Crippen molar-refractivity contribution < 1.29 is 22.6 Å². The molecule has 5 aromatic rings. The number of rotatable bonds is 6. The Bertz CT molecular complexity index is 2010. The van der Waals surface area contributed by atoms with Crippen LogP contribution in [0.15, 0.2) is 118 Å². The molecule has 5 nitrogen and oxygen atoms in total. The number of nitrogens with zero attached hydrogens (tertiary/aromatic N) is 3. The largest absolute Gasteiger partial charge is 0.642 e. The monoisotopic (exact) mass is 809 g/mol. The Hall–Kier alpha value is -3.78. The summed E-state index contributed by atoms with van der Waals surface area (Å²) >= 11 is 4.39. The molecule has 0 atom stereocenters. The van der Waals surface area contributed by atoms with Crippen molar-refractivity contribution in [1.82, 2.24) is 4.48 Å². The Morgan fingerprint density at radius 3 is 1.75 bits per heavy atom. The van der Waals surface area contributed by atoms with Crippen molar-refractivity contribution in [1.29, 1.82) is 0 Å². The molecular formula is C34H24BF2I2N3O2. The molecule has 0 fully saturated rings. The lowest BCUT2D eigenvalue weighted by atomic mass is 9.90. The van der Waals surface area contributed by atoms with Crippen LogP contribution in [-0.4, -0.2) is 41.7 Å². The SMILES string of the molecule is COc1ccc(C2=[N+]3C(=Nc4c(-c5ccccc5)c(I)c(-c5ccc(OC)cc5)n4[B-]3(F)F)C(c3ccccc3)=C2I)cc1. The molecule has 0 amide bonds. The summed E-state index contributed by atoms with van der Waals surface area (Å²) in [7, 11) is 3.17. The Morgan fingerprint density at radius 2 is 1.20 bits per heavy atom. The third-order valence-electron chi connectivity index (χ3n) is 7.93. The van der Waals surface area contributed by atoms with Gasteiger partial charge in [-0.05, 0) is 115 Å². The Labute approximate surface area is 280 Å². The van der Waals surface area contributed by atoms with Gasteiger partial charge in [0, 0.05) is 14.8 Å². The summed E-state index contributed by atoms with van der Waals surface area (Å²) in [6.45, 7) is -4.44. The molecule has 0 radical (unpaired) electrons. The number of ether oxygens (including phenoxy) is 2. The molecule has 0 saturated heterocycles. The van der Waals surface area contributed by atoms with E-state index in [4.69, 9.17) is 14.5 Å². The summed E-state index contributed by atoms with van der Waals surface area (Å²) in [5.74, 6) is 1.76. The predicted octanol–water partition coefficient (Wildman–Crippen LogP) is 9.07. The molecule has 2 aliphatic heterocycles. The second-order valence-corrected chi connectivity index (χ2v) is 12.5. The number of hydrogen-bond donors (Lipinski definition) is 0. The average molecular weight is 809 g/mol. The first-order chi connectivity index (χ1) is 21.3. The summed E-state index contributed by atoms with van der Waals surface area (Å²) < 4.78 is 49.8. The summed E-state index contributed by atoms with van der Waals surface area (Å²) in [4.78, 5) is 5.14. The van der Waals surface area contributed by atoms with E-state index < -0.39 is 6.97 Å². The van der Waals surface area contributed by atoms with Crippen LogP contribution in [0, 0.1) is 3.57 Å². The zero-order chi connectivity index (χ0) is 30.6. The predicted molar refractivity (Wildman–Crippen MR) is 190 cm³/mol. The average Bonchev–Trinajstić information content (AvgIpc) is 3.53. The van der Waals surface area contributed by atoms with E-state index >= 15 is 8.63 Å². The molecule has 0 saturated carbocycles. The molecule has 3 heterocycles. The van der Waals surface area contributed by atoms with Gasteiger partial charge in [0.25, 0.3) is 5.84 Å². The topological polar surface area (TPSA) is 38.8 Å². The van der Waals surface area contributed by atoms with Gasteiger partial charge in [-0.3, -0.25) is 0 Å². The van der Waals surface area contributed by atoms with Crippen LogP contribution in [0.25, 0.3) is 28.0 Å². The highest BCUT2D eigenvalue weighted by atomic mass is 127. The quantitative estimate of drug-likeness (QED) is 0.127. The van der Waals surface area contributed by atoms with Crippen molar-refractivity contribution in [2.45, 2.75) is 0 Å². The smallest absolute Gasteiger partial charge is 0.497 e. The van der Waals surface area contributed by atoms with Crippen molar-refractivity contribution in [3.8, 4) is 33.9 Å². The number of hydrogen-bond acceptors (Lipinski definition) is 3. The van der Waals surface area contributed by atoms with E-state index in [0.717, 1.165) is 20.1 Å². The molecule has 0 bridgehead atoms. The van der Waals surface area contributed by atoms with Gasteiger partial charge in [-0.25, -0.2) is 0 Å². The number of amidine groups is 1. The minimum absolute atomic E-state index is 0.233. The standard InChI is InChI=1S/C34H24BF2I2N3O2/c1-43-25-17-13-23(14-18-25)31-29(38)27(21-9-5-3-6-10-21)33-40-34-28(22-11-7-4-8-12-22)30(39)32(42(34)35(36,37)41(31)33)24-15-19-26(44-2)20-16-24/h3-20H,1-2H3. The van der Waals surface area contributed by atoms with Gasteiger partial charge >= 0.3 is 6.97 Å². The van der Waals surface area contributed by atoms with Crippen molar-refractivity contribution in [2.75, 3.05) is 14.2 Å². The Balaban J connectivity index is 1.59. The van der Waals surface area contributed by atoms with E-state index in [1.54, 1.807) is 38.5 Å². The van der Waals surface area contributed by atoms with Gasteiger partial charge in [-0.15, -0.1) is 0 Å². The first-order valence-corrected chi connectivity index (χ1v) is 16.0. The summed E-state index contributed by atoms with van der Waals surface area (Å²) in [5.41, 5.74) is 5.10. The summed E-state index contributed by atoms with van der Waals surface area (Å²) in [6.07, 6.45) is 0. The third-order valence-corrected chi connectivity index (χ3v) is 10.0. The molecule has 1 aromatic heterocycles. The van der Waals surface area contributed by atoms with Crippen molar-refractivity contribution in [3.63, 3.8) is 0 Å². The second kappa shape index (κ2) is 11.3. The van der Waals surface area contributed by atoms with Crippen LogP contribution in [0.3, 0.4) is 0 Å². The minimum atomic E-state index is -4.44. The van der Waals surface area contributed by atoms with E-state index in [1.165, 1.54) is 0 Å². The molecular weight excluding hydrogens is 785 g/mol. The second-order valence-electron chi connectivity index (χ2n) is 10.4. The van der Waals surface area contributed by atoms with Gasteiger partial charge in [0.15, 0.2) is 0 Å². The van der Waals surface area contributed by atoms with Crippen molar-refractivity contribution in [3.05, 3.63) is 127 Å². The van der Waals surface area contributed by atoms with E-state index in [1.807, 2.05) is 84.9 Å². The first kappa shape index (κ1) is 29.0. The van der Waals surface area contributed by atoms with Crippen LogP contribution in [0.1, 0.15) is 11.1 Å².